The molecule has 1 fully saturated rings. The van der Waals surface area contributed by atoms with E-state index in [2.05, 4.69) is 38.2 Å². The van der Waals surface area contributed by atoms with Crippen molar-refractivity contribution in [3.05, 3.63) is 34.4 Å². The van der Waals surface area contributed by atoms with Crippen LogP contribution in [0.5, 0.6) is 0 Å². The molecule has 0 bridgehead atoms. The second-order valence-electron chi connectivity index (χ2n) is 5.74. The smallest absolute Gasteiger partial charge is 0.166 e. The first kappa shape index (κ1) is 15.2. The Hall–Kier alpha value is -1.15. The van der Waals surface area contributed by atoms with E-state index in [1.54, 1.807) is 0 Å². The lowest BCUT2D eigenvalue weighted by molar-refractivity contribution is 0.0893. The van der Waals surface area contributed by atoms with Gasteiger partial charge in [0.25, 0.3) is 0 Å². The maximum absolute atomic E-state index is 12.9. The standard InChI is InChI=1S/C18H27NO/c1-4-13-11-14(5-2)17(15(6-3)12-13)18(20)16-7-9-19-10-8-16/h11-12,16,19H,4-10H2,1-3H3. The zero-order valence-corrected chi connectivity index (χ0v) is 13.1. The summed E-state index contributed by atoms with van der Waals surface area (Å²) in [4.78, 5) is 12.9. The van der Waals surface area contributed by atoms with Crippen molar-refractivity contribution in [2.45, 2.75) is 52.9 Å². The zero-order valence-electron chi connectivity index (χ0n) is 13.1. The van der Waals surface area contributed by atoms with Crippen LogP contribution in [-0.4, -0.2) is 18.9 Å². The van der Waals surface area contributed by atoms with Crippen molar-refractivity contribution < 1.29 is 4.79 Å². The third-order valence-corrected chi connectivity index (χ3v) is 4.49. The zero-order chi connectivity index (χ0) is 14.5. The van der Waals surface area contributed by atoms with Crippen molar-refractivity contribution in [1.82, 2.24) is 5.32 Å². The van der Waals surface area contributed by atoms with E-state index < -0.39 is 0 Å². The molecule has 0 unspecified atom stereocenters. The van der Waals surface area contributed by atoms with E-state index in [4.69, 9.17) is 0 Å². The van der Waals surface area contributed by atoms with Gasteiger partial charge in [-0.3, -0.25) is 4.79 Å². The minimum Gasteiger partial charge on any atom is -0.317 e. The lowest BCUT2D eigenvalue weighted by Gasteiger charge is -2.24. The largest absolute Gasteiger partial charge is 0.317 e. The molecule has 0 radical (unpaired) electrons. The van der Waals surface area contributed by atoms with Crippen LogP contribution in [0.2, 0.25) is 0 Å². The number of hydrogen-bond acceptors (Lipinski definition) is 2. The molecule has 2 heteroatoms. The van der Waals surface area contributed by atoms with Gasteiger partial charge in [-0.2, -0.15) is 0 Å². The maximum Gasteiger partial charge on any atom is 0.166 e. The number of aryl methyl sites for hydroxylation is 3. The minimum atomic E-state index is 0.222. The summed E-state index contributed by atoms with van der Waals surface area (Å²) in [5, 5.41) is 3.34. The molecule has 1 aliphatic heterocycles. The fourth-order valence-corrected chi connectivity index (χ4v) is 3.21. The highest BCUT2D eigenvalue weighted by atomic mass is 16.1. The average molecular weight is 273 g/mol. The van der Waals surface area contributed by atoms with Gasteiger partial charge >= 0.3 is 0 Å². The molecule has 0 amide bonds. The Morgan fingerprint density at radius 2 is 1.60 bits per heavy atom. The molecule has 1 saturated heterocycles. The first-order valence-corrected chi connectivity index (χ1v) is 8.10. The second-order valence-corrected chi connectivity index (χ2v) is 5.74. The lowest BCUT2D eigenvalue weighted by Crippen LogP contribution is -2.32. The van der Waals surface area contributed by atoms with E-state index in [1.165, 1.54) is 16.7 Å². The molecule has 0 aliphatic carbocycles. The van der Waals surface area contributed by atoms with Crippen LogP contribution in [0.4, 0.5) is 0 Å². The Kier molecular flexibility index (Phi) is 5.36. The summed E-state index contributed by atoms with van der Waals surface area (Å²) >= 11 is 0. The first-order chi connectivity index (χ1) is 9.71. The third-order valence-electron chi connectivity index (χ3n) is 4.49. The van der Waals surface area contributed by atoms with Crippen LogP contribution in [0.3, 0.4) is 0 Å². The predicted molar refractivity (Wildman–Crippen MR) is 84.5 cm³/mol. The summed E-state index contributed by atoms with van der Waals surface area (Å²) in [5.41, 5.74) is 4.91. The van der Waals surface area contributed by atoms with Gasteiger partial charge in [-0.15, -0.1) is 0 Å². The lowest BCUT2D eigenvalue weighted by atomic mass is 9.83. The molecule has 0 atom stereocenters. The Morgan fingerprint density at radius 1 is 1.05 bits per heavy atom. The number of carbonyl (C=O) groups is 1. The van der Waals surface area contributed by atoms with Crippen molar-refractivity contribution in [2.75, 3.05) is 13.1 Å². The van der Waals surface area contributed by atoms with Gasteiger partial charge in [0.1, 0.15) is 0 Å². The normalized spacial score (nSPS) is 16.4. The van der Waals surface area contributed by atoms with E-state index in [-0.39, 0.29) is 5.92 Å². The van der Waals surface area contributed by atoms with Crippen molar-refractivity contribution >= 4 is 5.78 Å². The van der Waals surface area contributed by atoms with Gasteiger partial charge in [0.15, 0.2) is 5.78 Å². The van der Waals surface area contributed by atoms with Crippen molar-refractivity contribution in [2.24, 2.45) is 5.92 Å². The Morgan fingerprint density at radius 3 is 2.05 bits per heavy atom. The monoisotopic (exact) mass is 273 g/mol. The van der Waals surface area contributed by atoms with Gasteiger partial charge in [-0.05, 0) is 61.9 Å². The maximum atomic E-state index is 12.9. The number of rotatable bonds is 5. The molecule has 1 aromatic rings. The number of ketones is 1. The molecule has 1 aliphatic rings. The summed E-state index contributed by atoms with van der Waals surface area (Å²) in [7, 11) is 0. The van der Waals surface area contributed by atoms with E-state index in [1.807, 2.05) is 0 Å². The van der Waals surface area contributed by atoms with Gasteiger partial charge in [0, 0.05) is 11.5 Å². The fourth-order valence-electron chi connectivity index (χ4n) is 3.21. The van der Waals surface area contributed by atoms with Gasteiger partial charge in [-0.1, -0.05) is 32.9 Å². The van der Waals surface area contributed by atoms with Crippen molar-refractivity contribution in [1.29, 1.82) is 0 Å². The van der Waals surface area contributed by atoms with E-state index in [9.17, 15) is 4.79 Å². The predicted octanol–water partition coefficient (Wildman–Crippen LogP) is 3.56. The minimum absolute atomic E-state index is 0.222. The van der Waals surface area contributed by atoms with Crippen LogP contribution in [-0.2, 0) is 19.3 Å². The van der Waals surface area contributed by atoms with E-state index >= 15 is 0 Å². The van der Waals surface area contributed by atoms with Crippen LogP contribution in [0, 0.1) is 5.92 Å². The summed E-state index contributed by atoms with van der Waals surface area (Å²) in [6.45, 7) is 8.46. The van der Waals surface area contributed by atoms with E-state index in [0.717, 1.165) is 50.8 Å². The van der Waals surface area contributed by atoms with Crippen LogP contribution in [0.1, 0.15) is 60.7 Å². The summed E-state index contributed by atoms with van der Waals surface area (Å²) in [6, 6.07) is 4.49. The third kappa shape index (κ3) is 3.12. The topological polar surface area (TPSA) is 29.1 Å². The Labute approximate surface area is 123 Å². The fraction of sp³-hybridized carbons (Fsp3) is 0.611. The number of carbonyl (C=O) groups excluding carboxylic acids is 1. The number of piperidine rings is 1. The van der Waals surface area contributed by atoms with Crippen LogP contribution in [0.25, 0.3) is 0 Å². The van der Waals surface area contributed by atoms with E-state index in [0.29, 0.717) is 5.78 Å². The number of Topliss-reactive ketones (excluding diaryl/α,β-unsaturated/α-hetero) is 1. The Balaban J connectivity index is 2.39. The molecular weight excluding hydrogens is 246 g/mol. The molecule has 1 heterocycles. The summed E-state index contributed by atoms with van der Waals surface area (Å²) in [5.74, 6) is 0.613. The summed E-state index contributed by atoms with van der Waals surface area (Å²) in [6.07, 6.45) is 4.92. The first-order valence-electron chi connectivity index (χ1n) is 8.10. The SMILES string of the molecule is CCc1cc(CC)c(C(=O)C2CCNCC2)c(CC)c1. The molecule has 2 rings (SSSR count). The van der Waals surface area contributed by atoms with Crippen molar-refractivity contribution in [3.8, 4) is 0 Å². The van der Waals surface area contributed by atoms with Crippen LogP contribution < -0.4 is 5.32 Å². The highest BCUT2D eigenvalue weighted by molar-refractivity contribution is 6.00. The second kappa shape index (κ2) is 7.03. The van der Waals surface area contributed by atoms with Crippen LogP contribution in [0.15, 0.2) is 12.1 Å². The molecule has 20 heavy (non-hydrogen) atoms. The molecule has 1 N–H and O–H groups in total. The molecule has 0 aromatic heterocycles. The molecule has 1 aromatic carbocycles. The number of benzene rings is 1. The number of nitrogens with one attached hydrogen (secondary N) is 1. The van der Waals surface area contributed by atoms with Crippen LogP contribution >= 0.6 is 0 Å². The van der Waals surface area contributed by atoms with Gasteiger partial charge in [0.05, 0.1) is 0 Å². The average Bonchev–Trinajstić information content (AvgIpc) is 2.53. The highest BCUT2D eigenvalue weighted by Crippen LogP contribution is 2.26. The Bertz CT molecular complexity index is 447. The van der Waals surface area contributed by atoms with Gasteiger partial charge in [-0.25, -0.2) is 0 Å². The highest BCUT2D eigenvalue weighted by Gasteiger charge is 2.25. The summed E-state index contributed by atoms with van der Waals surface area (Å²) < 4.78 is 0. The molecule has 0 saturated carbocycles. The quantitative estimate of drug-likeness (QED) is 0.831. The molecule has 2 nitrogen and oxygen atoms in total. The molecule has 0 spiro atoms. The van der Waals surface area contributed by atoms with Gasteiger partial charge in [0.2, 0.25) is 0 Å². The van der Waals surface area contributed by atoms with Gasteiger partial charge < -0.3 is 5.32 Å². The molecule has 110 valence electrons. The van der Waals surface area contributed by atoms with Crippen molar-refractivity contribution in [3.63, 3.8) is 0 Å². The number of hydrogen-bond donors (Lipinski definition) is 1. The molecular formula is C18H27NO.